The van der Waals surface area contributed by atoms with Gasteiger partial charge in [0.05, 0.1) is 17.4 Å². The van der Waals surface area contributed by atoms with Gasteiger partial charge in [-0.1, -0.05) is 6.07 Å². The van der Waals surface area contributed by atoms with Crippen molar-refractivity contribution in [1.29, 1.82) is 0 Å². The standard InChI is InChI=1S/C13H14BrNOS/c1-15(9-12-6-7-13(14)17-12)10-4-3-5-11(8-10)16-2/h3-8H,9H2,1-2H3. The molecule has 2 rings (SSSR count). The van der Waals surface area contributed by atoms with Gasteiger partial charge in [0, 0.05) is 23.7 Å². The van der Waals surface area contributed by atoms with E-state index >= 15 is 0 Å². The van der Waals surface area contributed by atoms with Crippen molar-refractivity contribution >= 4 is 33.0 Å². The van der Waals surface area contributed by atoms with Crippen LogP contribution in [0.4, 0.5) is 5.69 Å². The van der Waals surface area contributed by atoms with Crippen LogP contribution in [0.15, 0.2) is 40.2 Å². The van der Waals surface area contributed by atoms with Crippen molar-refractivity contribution in [3.8, 4) is 5.75 Å². The van der Waals surface area contributed by atoms with Gasteiger partial charge in [-0.25, -0.2) is 0 Å². The van der Waals surface area contributed by atoms with Crippen LogP contribution in [0.3, 0.4) is 0 Å². The minimum Gasteiger partial charge on any atom is -0.497 e. The fourth-order valence-corrected chi connectivity index (χ4v) is 3.15. The zero-order valence-electron chi connectivity index (χ0n) is 9.81. The number of methoxy groups -OCH3 is 1. The van der Waals surface area contributed by atoms with Gasteiger partial charge in [-0.2, -0.15) is 0 Å². The molecule has 0 aliphatic carbocycles. The average molecular weight is 312 g/mol. The number of nitrogens with zero attached hydrogens (tertiary/aromatic N) is 1. The summed E-state index contributed by atoms with van der Waals surface area (Å²) in [5.74, 6) is 0.890. The largest absolute Gasteiger partial charge is 0.497 e. The van der Waals surface area contributed by atoms with E-state index in [1.807, 2.05) is 18.2 Å². The minimum atomic E-state index is 0.890. The molecule has 90 valence electrons. The van der Waals surface area contributed by atoms with Gasteiger partial charge >= 0.3 is 0 Å². The Morgan fingerprint density at radius 2 is 2.12 bits per heavy atom. The first-order chi connectivity index (χ1) is 8.19. The number of halogens is 1. The molecule has 0 saturated carbocycles. The van der Waals surface area contributed by atoms with Gasteiger partial charge in [0.15, 0.2) is 0 Å². The Morgan fingerprint density at radius 1 is 1.29 bits per heavy atom. The van der Waals surface area contributed by atoms with Crippen molar-refractivity contribution < 1.29 is 4.74 Å². The molecule has 4 heteroatoms. The van der Waals surface area contributed by atoms with E-state index in [2.05, 4.69) is 46.1 Å². The maximum absolute atomic E-state index is 5.23. The molecule has 0 radical (unpaired) electrons. The predicted octanol–water partition coefficient (Wildman–Crippen LogP) is 4.16. The minimum absolute atomic E-state index is 0.890. The number of hydrogen-bond donors (Lipinski definition) is 0. The van der Waals surface area contributed by atoms with E-state index in [-0.39, 0.29) is 0 Å². The van der Waals surface area contributed by atoms with Gasteiger partial charge in [-0.05, 0) is 40.2 Å². The first kappa shape index (κ1) is 12.5. The highest BCUT2D eigenvalue weighted by atomic mass is 79.9. The van der Waals surface area contributed by atoms with Gasteiger partial charge in [0.1, 0.15) is 5.75 Å². The lowest BCUT2D eigenvalue weighted by Gasteiger charge is -2.18. The van der Waals surface area contributed by atoms with E-state index in [0.717, 1.165) is 18.0 Å². The lowest BCUT2D eigenvalue weighted by atomic mass is 10.2. The molecule has 0 atom stereocenters. The molecule has 0 fully saturated rings. The summed E-state index contributed by atoms with van der Waals surface area (Å²) < 4.78 is 6.40. The lowest BCUT2D eigenvalue weighted by Crippen LogP contribution is -2.15. The predicted molar refractivity (Wildman–Crippen MR) is 77.1 cm³/mol. The normalized spacial score (nSPS) is 10.3. The molecule has 0 aliphatic rings. The first-order valence-electron chi connectivity index (χ1n) is 5.28. The zero-order valence-corrected chi connectivity index (χ0v) is 12.2. The van der Waals surface area contributed by atoms with Gasteiger partial charge in [0.2, 0.25) is 0 Å². The molecule has 0 N–H and O–H groups in total. The maximum Gasteiger partial charge on any atom is 0.120 e. The van der Waals surface area contributed by atoms with Crippen molar-refractivity contribution in [2.24, 2.45) is 0 Å². The Hall–Kier alpha value is -1.000. The first-order valence-corrected chi connectivity index (χ1v) is 6.89. The van der Waals surface area contributed by atoms with Gasteiger partial charge in [0.25, 0.3) is 0 Å². The molecule has 0 amide bonds. The Bertz CT molecular complexity index is 498. The summed E-state index contributed by atoms with van der Waals surface area (Å²) in [5, 5.41) is 0. The number of ether oxygens (including phenoxy) is 1. The lowest BCUT2D eigenvalue weighted by molar-refractivity contribution is 0.415. The molecule has 0 saturated heterocycles. The molecule has 17 heavy (non-hydrogen) atoms. The van der Waals surface area contributed by atoms with Crippen LogP contribution in [0.5, 0.6) is 5.75 Å². The smallest absolute Gasteiger partial charge is 0.120 e. The molecule has 0 spiro atoms. The quantitative estimate of drug-likeness (QED) is 0.841. The van der Waals surface area contributed by atoms with Gasteiger partial charge in [-0.3, -0.25) is 0 Å². The Balaban J connectivity index is 2.11. The molecule has 0 aliphatic heterocycles. The molecule has 0 unspecified atom stereocenters. The summed E-state index contributed by atoms with van der Waals surface area (Å²) in [6.07, 6.45) is 0. The average Bonchev–Trinajstić information content (AvgIpc) is 2.75. The summed E-state index contributed by atoms with van der Waals surface area (Å²) in [6.45, 7) is 0.906. The van der Waals surface area contributed by atoms with Gasteiger partial charge in [-0.15, -0.1) is 11.3 Å². The third-order valence-corrected chi connectivity index (χ3v) is 4.12. The third kappa shape index (κ3) is 3.23. The number of rotatable bonds is 4. The topological polar surface area (TPSA) is 12.5 Å². The van der Waals surface area contributed by atoms with Crippen LogP contribution < -0.4 is 9.64 Å². The summed E-state index contributed by atoms with van der Waals surface area (Å²) in [7, 11) is 3.78. The molecule has 2 aromatic rings. The van der Waals surface area contributed by atoms with Crippen molar-refractivity contribution in [3.05, 3.63) is 45.1 Å². The van der Waals surface area contributed by atoms with Gasteiger partial charge < -0.3 is 9.64 Å². The Labute approximate surface area is 114 Å². The van der Waals surface area contributed by atoms with Crippen LogP contribution in [-0.4, -0.2) is 14.2 Å². The van der Waals surface area contributed by atoms with Crippen LogP contribution in [0.1, 0.15) is 4.88 Å². The fourth-order valence-electron chi connectivity index (χ4n) is 1.61. The summed E-state index contributed by atoms with van der Waals surface area (Å²) >= 11 is 5.25. The fraction of sp³-hybridized carbons (Fsp3) is 0.231. The van der Waals surface area contributed by atoms with E-state index in [1.165, 1.54) is 8.66 Å². The molecular weight excluding hydrogens is 298 g/mol. The number of thiophene rings is 1. The molecular formula is C13H14BrNOS. The summed E-state index contributed by atoms with van der Waals surface area (Å²) in [4.78, 5) is 3.54. The van der Waals surface area contributed by atoms with Crippen LogP contribution in [0.25, 0.3) is 0 Å². The van der Waals surface area contributed by atoms with Crippen LogP contribution in [0.2, 0.25) is 0 Å². The second-order valence-corrected chi connectivity index (χ2v) is 6.31. The second kappa shape index (κ2) is 5.56. The van der Waals surface area contributed by atoms with Crippen molar-refractivity contribution in [1.82, 2.24) is 0 Å². The van der Waals surface area contributed by atoms with E-state index in [4.69, 9.17) is 4.74 Å². The van der Waals surface area contributed by atoms with Crippen molar-refractivity contribution in [2.45, 2.75) is 6.54 Å². The highest BCUT2D eigenvalue weighted by Gasteiger charge is 2.05. The third-order valence-electron chi connectivity index (χ3n) is 2.52. The zero-order chi connectivity index (χ0) is 12.3. The number of hydrogen-bond acceptors (Lipinski definition) is 3. The van der Waals surface area contributed by atoms with Crippen LogP contribution in [0, 0.1) is 0 Å². The van der Waals surface area contributed by atoms with E-state index in [9.17, 15) is 0 Å². The van der Waals surface area contributed by atoms with E-state index in [1.54, 1.807) is 18.4 Å². The summed E-state index contributed by atoms with van der Waals surface area (Å²) in [5.41, 5.74) is 1.16. The summed E-state index contributed by atoms with van der Waals surface area (Å²) in [6, 6.07) is 12.3. The second-order valence-electron chi connectivity index (χ2n) is 3.76. The molecule has 2 nitrogen and oxygen atoms in total. The molecule has 0 bridgehead atoms. The Kier molecular flexibility index (Phi) is 4.07. The number of benzene rings is 1. The van der Waals surface area contributed by atoms with Crippen molar-refractivity contribution in [3.63, 3.8) is 0 Å². The Morgan fingerprint density at radius 3 is 2.76 bits per heavy atom. The maximum atomic E-state index is 5.23. The molecule has 1 heterocycles. The van der Waals surface area contributed by atoms with Crippen LogP contribution >= 0.6 is 27.3 Å². The van der Waals surface area contributed by atoms with Crippen LogP contribution in [-0.2, 0) is 6.54 Å². The SMILES string of the molecule is COc1cccc(N(C)Cc2ccc(Br)s2)c1. The van der Waals surface area contributed by atoms with Crippen molar-refractivity contribution in [2.75, 3.05) is 19.1 Å². The van der Waals surface area contributed by atoms with E-state index < -0.39 is 0 Å². The molecule has 1 aromatic heterocycles. The molecule has 1 aromatic carbocycles. The monoisotopic (exact) mass is 311 g/mol. The highest BCUT2D eigenvalue weighted by Crippen LogP contribution is 2.26. The van der Waals surface area contributed by atoms with E-state index in [0.29, 0.717) is 0 Å². The highest BCUT2D eigenvalue weighted by molar-refractivity contribution is 9.11. The number of anilines is 1.